The average Bonchev–Trinajstić information content (AvgIpc) is 2.58. The second-order valence-corrected chi connectivity index (χ2v) is 4.58. The van der Waals surface area contributed by atoms with Gasteiger partial charge in [0.2, 0.25) is 5.91 Å². The lowest BCUT2D eigenvalue weighted by Crippen LogP contribution is -2.39. The first-order chi connectivity index (χ1) is 8.15. The van der Waals surface area contributed by atoms with Crippen molar-refractivity contribution in [3.63, 3.8) is 0 Å². The summed E-state index contributed by atoms with van der Waals surface area (Å²) in [6, 6.07) is 9.19. The van der Waals surface area contributed by atoms with Crippen LogP contribution in [0.1, 0.15) is 5.56 Å². The number of carbonyl (C=O) groups is 3. The van der Waals surface area contributed by atoms with E-state index in [1.54, 1.807) is 0 Å². The monoisotopic (exact) mass is 250 g/mol. The summed E-state index contributed by atoms with van der Waals surface area (Å²) in [5.41, 5.74) is 0.861. The quantitative estimate of drug-likeness (QED) is 0.826. The average molecular weight is 250 g/mol. The Kier molecular flexibility index (Phi) is 3.43. The lowest BCUT2D eigenvalue weighted by atomic mass is 10.1. The number of benzene rings is 1. The second kappa shape index (κ2) is 5.01. The molecule has 17 heavy (non-hydrogen) atoms. The smallest absolute Gasteiger partial charge is 0.288 e. The van der Waals surface area contributed by atoms with E-state index in [0.29, 0.717) is 0 Å². The molecule has 6 heteroatoms. The topological polar surface area (TPSA) is 75.3 Å². The van der Waals surface area contributed by atoms with Crippen molar-refractivity contribution in [2.24, 2.45) is 0 Å². The highest BCUT2D eigenvalue weighted by Gasteiger charge is 2.32. The molecule has 0 saturated carbocycles. The Bertz CT molecular complexity index is 461. The molecule has 1 aliphatic heterocycles. The van der Waals surface area contributed by atoms with Gasteiger partial charge in [0.25, 0.3) is 11.1 Å². The largest absolute Gasteiger partial charge is 0.335 e. The Balaban J connectivity index is 1.90. The van der Waals surface area contributed by atoms with E-state index < -0.39 is 16.5 Å². The molecule has 0 spiro atoms. The maximum Gasteiger partial charge on any atom is 0.288 e. The molecular formula is C11H10N2O3S. The van der Waals surface area contributed by atoms with Gasteiger partial charge in [-0.25, -0.2) is 0 Å². The first-order valence-corrected chi connectivity index (χ1v) is 5.88. The number of imide groups is 1. The molecule has 2 rings (SSSR count). The molecule has 0 aliphatic carbocycles. The van der Waals surface area contributed by atoms with Crippen LogP contribution < -0.4 is 10.6 Å². The molecule has 88 valence electrons. The van der Waals surface area contributed by atoms with Crippen LogP contribution >= 0.6 is 11.8 Å². The van der Waals surface area contributed by atoms with Gasteiger partial charge in [-0.15, -0.1) is 0 Å². The Hall–Kier alpha value is -1.82. The Morgan fingerprint density at radius 3 is 2.59 bits per heavy atom. The van der Waals surface area contributed by atoms with E-state index in [9.17, 15) is 14.4 Å². The van der Waals surface area contributed by atoms with E-state index >= 15 is 0 Å². The Labute approximate surface area is 102 Å². The Morgan fingerprint density at radius 1 is 1.29 bits per heavy atom. The fraction of sp³-hybridized carbons (Fsp3) is 0.182. The zero-order valence-corrected chi connectivity index (χ0v) is 9.62. The van der Waals surface area contributed by atoms with Crippen LogP contribution in [0.25, 0.3) is 0 Å². The molecular weight excluding hydrogens is 240 g/mol. The SMILES string of the molecule is O=C(Cc1ccccc1)NC1SC(=O)NC1=O. The van der Waals surface area contributed by atoms with Crippen molar-refractivity contribution in [3.05, 3.63) is 35.9 Å². The van der Waals surface area contributed by atoms with E-state index in [4.69, 9.17) is 0 Å². The molecule has 1 atom stereocenters. The highest BCUT2D eigenvalue weighted by molar-refractivity contribution is 8.15. The zero-order chi connectivity index (χ0) is 12.3. The predicted octanol–water partition coefficient (Wildman–Crippen LogP) is 0.654. The molecule has 1 heterocycles. The molecule has 0 radical (unpaired) electrons. The van der Waals surface area contributed by atoms with E-state index in [-0.39, 0.29) is 12.3 Å². The van der Waals surface area contributed by atoms with Crippen LogP contribution in [-0.2, 0) is 16.0 Å². The summed E-state index contributed by atoms with van der Waals surface area (Å²) in [7, 11) is 0. The first kappa shape index (κ1) is 11.7. The summed E-state index contributed by atoms with van der Waals surface area (Å²) in [6.45, 7) is 0. The standard InChI is InChI=1S/C11H10N2O3S/c14-8(6-7-4-2-1-3-5-7)12-10-9(15)13-11(16)17-10/h1-5,10H,6H2,(H,12,14)(H,13,15,16). The van der Waals surface area contributed by atoms with Crippen molar-refractivity contribution < 1.29 is 14.4 Å². The molecule has 3 amide bonds. The number of carbonyl (C=O) groups excluding carboxylic acids is 3. The first-order valence-electron chi connectivity index (χ1n) is 5.00. The number of hydrogen-bond acceptors (Lipinski definition) is 4. The van der Waals surface area contributed by atoms with Gasteiger partial charge in [0, 0.05) is 0 Å². The van der Waals surface area contributed by atoms with E-state index in [1.165, 1.54) is 0 Å². The minimum atomic E-state index is -0.807. The summed E-state index contributed by atoms with van der Waals surface area (Å²) in [5, 5.41) is 3.37. The van der Waals surface area contributed by atoms with Crippen LogP contribution in [0.15, 0.2) is 30.3 Å². The normalized spacial score (nSPS) is 18.9. The van der Waals surface area contributed by atoms with Crippen LogP contribution in [0.3, 0.4) is 0 Å². The van der Waals surface area contributed by atoms with Crippen LogP contribution in [0, 0.1) is 0 Å². The van der Waals surface area contributed by atoms with Crippen molar-refractivity contribution in [2.45, 2.75) is 11.8 Å². The van der Waals surface area contributed by atoms with Crippen LogP contribution in [0.2, 0.25) is 0 Å². The Morgan fingerprint density at radius 2 is 2.00 bits per heavy atom. The lowest BCUT2D eigenvalue weighted by Gasteiger charge is -2.08. The molecule has 1 aromatic rings. The number of rotatable bonds is 3. The maximum absolute atomic E-state index is 11.6. The van der Waals surface area contributed by atoms with Gasteiger partial charge in [-0.05, 0) is 17.3 Å². The van der Waals surface area contributed by atoms with Crippen molar-refractivity contribution in [3.8, 4) is 0 Å². The zero-order valence-electron chi connectivity index (χ0n) is 8.80. The minimum Gasteiger partial charge on any atom is -0.335 e. The molecule has 1 fully saturated rings. The number of amides is 3. The summed E-state index contributed by atoms with van der Waals surface area (Å²) >= 11 is 0.781. The fourth-order valence-corrected chi connectivity index (χ4v) is 2.16. The van der Waals surface area contributed by atoms with Crippen molar-refractivity contribution in [2.75, 3.05) is 0 Å². The number of nitrogens with one attached hydrogen (secondary N) is 2. The summed E-state index contributed by atoms with van der Waals surface area (Å²) in [5.74, 6) is -0.750. The van der Waals surface area contributed by atoms with Gasteiger partial charge in [0.15, 0.2) is 5.37 Å². The molecule has 5 nitrogen and oxygen atoms in total. The van der Waals surface area contributed by atoms with E-state index in [1.807, 2.05) is 30.3 Å². The van der Waals surface area contributed by atoms with Crippen LogP contribution in [0.5, 0.6) is 0 Å². The van der Waals surface area contributed by atoms with Crippen molar-refractivity contribution >= 4 is 28.8 Å². The van der Waals surface area contributed by atoms with Gasteiger partial charge < -0.3 is 5.32 Å². The number of thioether (sulfide) groups is 1. The second-order valence-electron chi connectivity index (χ2n) is 3.50. The molecule has 1 saturated heterocycles. The van der Waals surface area contributed by atoms with Crippen LogP contribution in [0.4, 0.5) is 4.79 Å². The van der Waals surface area contributed by atoms with Gasteiger partial charge in [-0.2, -0.15) is 0 Å². The van der Waals surface area contributed by atoms with Crippen LogP contribution in [-0.4, -0.2) is 22.4 Å². The third-order valence-corrected chi connectivity index (χ3v) is 3.07. The summed E-state index contributed by atoms with van der Waals surface area (Å²) in [6.07, 6.45) is 0.194. The van der Waals surface area contributed by atoms with Gasteiger partial charge >= 0.3 is 0 Å². The van der Waals surface area contributed by atoms with Gasteiger partial charge in [0.1, 0.15) is 0 Å². The highest BCUT2D eigenvalue weighted by atomic mass is 32.2. The third-order valence-electron chi connectivity index (χ3n) is 2.19. The minimum absolute atomic E-state index is 0.194. The van der Waals surface area contributed by atoms with Gasteiger partial charge in [-0.3, -0.25) is 19.7 Å². The molecule has 1 unspecified atom stereocenters. The van der Waals surface area contributed by atoms with E-state index in [0.717, 1.165) is 17.3 Å². The molecule has 2 N–H and O–H groups in total. The molecule has 1 aromatic carbocycles. The molecule has 0 bridgehead atoms. The third kappa shape index (κ3) is 3.07. The van der Waals surface area contributed by atoms with Crippen molar-refractivity contribution in [1.82, 2.24) is 10.6 Å². The molecule has 0 aromatic heterocycles. The molecule has 1 aliphatic rings. The van der Waals surface area contributed by atoms with E-state index in [2.05, 4.69) is 10.6 Å². The maximum atomic E-state index is 11.6. The summed E-state index contributed by atoms with van der Waals surface area (Å²) < 4.78 is 0. The fourth-order valence-electron chi connectivity index (χ4n) is 1.43. The van der Waals surface area contributed by atoms with Gasteiger partial charge in [-0.1, -0.05) is 30.3 Å². The highest BCUT2D eigenvalue weighted by Crippen LogP contribution is 2.16. The number of hydrogen-bond donors (Lipinski definition) is 2. The van der Waals surface area contributed by atoms with Crippen molar-refractivity contribution in [1.29, 1.82) is 0 Å². The van der Waals surface area contributed by atoms with Gasteiger partial charge in [0.05, 0.1) is 6.42 Å². The lowest BCUT2D eigenvalue weighted by molar-refractivity contribution is -0.125. The predicted molar refractivity (Wildman–Crippen MR) is 63.2 cm³/mol. The summed E-state index contributed by atoms with van der Waals surface area (Å²) in [4.78, 5) is 33.7.